The summed E-state index contributed by atoms with van der Waals surface area (Å²) in [5.41, 5.74) is 4.69. The summed E-state index contributed by atoms with van der Waals surface area (Å²) in [5.74, 6) is 2.11. The molecule has 0 unspecified atom stereocenters. The second-order valence-electron chi connectivity index (χ2n) is 6.47. The van der Waals surface area contributed by atoms with E-state index in [1.54, 1.807) is 11.1 Å². The molecule has 0 radical (unpaired) electrons. The quantitative estimate of drug-likeness (QED) is 0.793. The topological polar surface area (TPSA) is 3.24 Å². The van der Waals surface area contributed by atoms with Gasteiger partial charge in [0.1, 0.15) is 0 Å². The molecule has 21 heavy (non-hydrogen) atoms. The fourth-order valence-electron chi connectivity index (χ4n) is 4.50. The van der Waals surface area contributed by atoms with Crippen molar-refractivity contribution in [3.63, 3.8) is 0 Å². The highest BCUT2D eigenvalue weighted by Gasteiger charge is 2.43. The molecule has 4 rings (SSSR count). The summed E-state index contributed by atoms with van der Waals surface area (Å²) in [6, 6.07) is 20.3. The zero-order valence-electron chi connectivity index (χ0n) is 12.7. The Bertz CT molecular complexity index is 619. The molecule has 0 spiro atoms. The fourth-order valence-corrected chi connectivity index (χ4v) is 4.50. The Morgan fingerprint density at radius 3 is 2.43 bits per heavy atom. The van der Waals surface area contributed by atoms with Gasteiger partial charge < -0.3 is 4.90 Å². The van der Waals surface area contributed by atoms with Gasteiger partial charge in [0.25, 0.3) is 0 Å². The van der Waals surface area contributed by atoms with Gasteiger partial charge in [-0.05, 0) is 42.1 Å². The van der Waals surface area contributed by atoms with E-state index < -0.39 is 0 Å². The predicted octanol–water partition coefficient (Wildman–Crippen LogP) is 4.26. The molecule has 2 aromatic carbocycles. The number of rotatable bonds is 2. The molecule has 1 aliphatic carbocycles. The molecule has 1 aliphatic heterocycles. The van der Waals surface area contributed by atoms with E-state index in [1.807, 2.05) is 0 Å². The van der Waals surface area contributed by atoms with E-state index >= 15 is 0 Å². The molecule has 0 bridgehead atoms. The summed E-state index contributed by atoms with van der Waals surface area (Å²) in [5, 5.41) is 0. The Hall–Kier alpha value is -1.60. The number of nitrogens with zero attached hydrogens (tertiary/aromatic N) is 1. The average molecular weight is 277 g/mol. The molecule has 1 fully saturated rings. The normalized spacial score (nSPS) is 28.1. The molecule has 0 saturated carbocycles. The first kappa shape index (κ1) is 13.1. The van der Waals surface area contributed by atoms with E-state index in [4.69, 9.17) is 0 Å². The van der Waals surface area contributed by atoms with Gasteiger partial charge in [0, 0.05) is 18.4 Å². The number of hydrogen-bond acceptors (Lipinski definition) is 1. The van der Waals surface area contributed by atoms with Crippen LogP contribution in [0.2, 0.25) is 0 Å². The standard InChI is InChI=1S/C20H23N/c1-2-21-13-12-18-19(14-21)16-10-6-7-11-17(16)20(18)15-8-4-3-5-9-15/h3-11,18-20H,2,12-14H2,1H3/t18-,19-,20-/m0/s1. The van der Waals surface area contributed by atoms with Gasteiger partial charge in [-0.3, -0.25) is 0 Å². The summed E-state index contributed by atoms with van der Waals surface area (Å²) >= 11 is 0. The lowest BCUT2D eigenvalue weighted by Crippen LogP contribution is -2.38. The zero-order chi connectivity index (χ0) is 14.2. The lowest BCUT2D eigenvalue weighted by Gasteiger charge is -2.37. The first-order valence-electron chi connectivity index (χ1n) is 8.24. The Balaban J connectivity index is 1.78. The summed E-state index contributed by atoms with van der Waals surface area (Å²) in [6.07, 6.45) is 1.33. The van der Waals surface area contributed by atoms with Gasteiger partial charge in [-0.1, -0.05) is 61.5 Å². The third kappa shape index (κ3) is 2.11. The van der Waals surface area contributed by atoms with Crippen LogP contribution in [0.4, 0.5) is 0 Å². The average Bonchev–Trinajstić information content (AvgIpc) is 2.89. The minimum absolute atomic E-state index is 0.603. The molecular weight excluding hydrogens is 254 g/mol. The smallest absolute Gasteiger partial charge is 0.0127 e. The van der Waals surface area contributed by atoms with Crippen LogP contribution in [-0.4, -0.2) is 24.5 Å². The minimum atomic E-state index is 0.603. The van der Waals surface area contributed by atoms with Crippen molar-refractivity contribution < 1.29 is 0 Å². The first-order valence-corrected chi connectivity index (χ1v) is 8.24. The molecule has 3 atom stereocenters. The van der Waals surface area contributed by atoms with E-state index in [0.29, 0.717) is 5.92 Å². The second-order valence-corrected chi connectivity index (χ2v) is 6.47. The van der Waals surface area contributed by atoms with Gasteiger partial charge in [0.15, 0.2) is 0 Å². The fraction of sp³-hybridized carbons (Fsp3) is 0.400. The third-order valence-corrected chi connectivity index (χ3v) is 5.51. The number of piperidine rings is 1. The molecule has 1 nitrogen and oxygen atoms in total. The third-order valence-electron chi connectivity index (χ3n) is 5.51. The molecule has 0 aromatic heterocycles. The number of hydrogen-bond donors (Lipinski definition) is 0. The van der Waals surface area contributed by atoms with Gasteiger partial charge in [0.05, 0.1) is 0 Å². The maximum absolute atomic E-state index is 2.62. The SMILES string of the molecule is CCN1CC[C@@H]2[C@@H](c3ccccc3)c3ccccc3[C@@H]2C1. The first-order chi connectivity index (χ1) is 10.4. The maximum Gasteiger partial charge on any atom is 0.0127 e. The lowest BCUT2D eigenvalue weighted by molar-refractivity contribution is 0.167. The molecule has 2 aromatic rings. The van der Waals surface area contributed by atoms with Crippen LogP contribution in [-0.2, 0) is 0 Å². The summed E-state index contributed by atoms with van der Waals surface area (Å²) in [4.78, 5) is 2.62. The van der Waals surface area contributed by atoms with Crippen molar-refractivity contribution >= 4 is 0 Å². The van der Waals surface area contributed by atoms with Crippen LogP contribution in [0.3, 0.4) is 0 Å². The van der Waals surface area contributed by atoms with Crippen molar-refractivity contribution in [1.29, 1.82) is 0 Å². The highest BCUT2D eigenvalue weighted by Crippen LogP contribution is 2.52. The van der Waals surface area contributed by atoms with E-state index in [0.717, 1.165) is 11.8 Å². The van der Waals surface area contributed by atoms with Crippen molar-refractivity contribution in [3.8, 4) is 0 Å². The van der Waals surface area contributed by atoms with Crippen LogP contribution < -0.4 is 0 Å². The van der Waals surface area contributed by atoms with Crippen LogP contribution in [0.1, 0.15) is 41.9 Å². The van der Waals surface area contributed by atoms with E-state index in [-0.39, 0.29) is 0 Å². The zero-order valence-corrected chi connectivity index (χ0v) is 12.7. The monoisotopic (exact) mass is 277 g/mol. The van der Waals surface area contributed by atoms with Crippen LogP contribution in [0.5, 0.6) is 0 Å². The van der Waals surface area contributed by atoms with Gasteiger partial charge >= 0.3 is 0 Å². The Labute approximate surface area is 127 Å². The Morgan fingerprint density at radius 1 is 0.952 bits per heavy atom. The molecule has 1 saturated heterocycles. The second kappa shape index (κ2) is 5.31. The molecule has 0 N–H and O–H groups in total. The lowest BCUT2D eigenvalue weighted by atomic mass is 9.78. The van der Waals surface area contributed by atoms with Gasteiger partial charge in [-0.15, -0.1) is 0 Å². The van der Waals surface area contributed by atoms with Crippen LogP contribution >= 0.6 is 0 Å². The van der Waals surface area contributed by atoms with Crippen molar-refractivity contribution in [2.24, 2.45) is 5.92 Å². The number of likely N-dealkylation sites (tertiary alicyclic amines) is 1. The van der Waals surface area contributed by atoms with Gasteiger partial charge in [-0.25, -0.2) is 0 Å². The highest BCUT2D eigenvalue weighted by atomic mass is 15.1. The van der Waals surface area contributed by atoms with Crippen molar-refractivity contribution in [1.82, 2.24) is 4.90 Å². The van der Waals surface area contributed by atoms with Crippen LogP contribution in [0.15, 0.2) is 54.6 Å². The maximum atomic E-state index is 2.62. The summed E-state index contributed by atoms with van der Waals surface area (Å²) < 4.78 is 0. The Kier molecular flexibility index (Phi) is 3.31. The van der Waals surface area contributed by atoms with Crippen LogP contribution in [0, 0.1) is 5.92 Å². The van der Waals surface area contributed by atoms with Gasteiger partial charge in [-0.2, -0.15) is 0 Å². The number of benzene rings is 2. The summed E-state index contributed by atoms with van der Waals surface area (Å²) in [6.45, 7) is 5.97. The Morgan fingerprint density at radius 2 is 1.67 bits per heavy atom. The molecule has 1 heterocycles. The largest absolute Gasteiger partial charge is 0.303 e. The molecule has 1 heteroatoms. The molecule has 2 aliphatic rings. The van der Waals surface area contributed by atoms with E-state index in [1.165, 1.54) is 31.6 Å². The minimum Gasteiger partial charge on any atom is -0.303 e. The molecule has 108 valence electrons. The molecule has 0 amide bonds. The van der Waals surface area contributed by atoms with Crippen molar-refractivity contribution in [3.05, 3.63) is 71.3 Å². The van der Waals surface area contributed by atoms with Crippen molar-refractivity contribution in [2.75, 3.05) is 19.6 Å². The molecular formula is C20H23N. The van der Waals surface area contributed by atoms with Crippen molar-refractivity contribution in [2.45, 2.75) is 25.2 Å². The number of fused-ring (bicyclic) bond motifs is 3. The summed E-state index contributed by atoms with van der Waals surface area (Å²) in [7, 11) is 0. The van der Waals surface area contributed by atoms with E-state index in [2.05, 4.69) is 66.4 Å². The van der Waals surface area contributed by atoms with Gasteiger partial charge in [0.2, 0.25) is 0 Å². The highest BCUT2D eigenvalue weighted by molar-refractivity contribution is 5.46. The predicted molar refractivity (Wildman–Crippen MR) is 87.7 cm³/mol. The van der Waals surface area contributed by atoms with E-state index in [9.17, 15) is 0 Å². The number of likely N-dealkylation sites (N-methyl/N-ethyl adjacent to an activating group) is 1. The van der Waals surface area contributed by atoms with Crippen LogP contribution in [0.25, 0.3) is 0 Å².